The largest absolute Gasteiger partial charge is 0.343 e. The molecule has 0 spiro atoms. The summed E-state index contributed by atoms with van der Waals surface area (Å²) in [6.45, 7) is 13.3. The average molecular weight is 411 g/mol. The van der Waals surface area contributed by atoms with Crippen molar-refractivity contribution in [3.8, 4) is 0 Å². The molecular formula is C29H34N2. The Morgan fingerprint density at radius 2 is 1.84 bits per heavy atom. The van der Waals surface area contributed by atoms with Gasteiger partial charge in [-0.05, 0) is 72.6 Å². The quantitative estimate of drug-likeness (QED) is 0.417. The van der Waals surface area contributed by atoms with Crippen molar-refractivity contribution in [3.63, 3.8) is 0 Å². The Morgan fingerprint density at radius 1 is 1.06 bits per heavy atom. The Balaban J connectivity index is 1.49. The van der Waals surface area contributed by atoms with Crippen LogP contribution < -0.4 is 5.32 Å². The van der Waals surface area contributed by atoms with Crippen molar-refractivity contribution in [3.05, 3.63) is 106 Å². The number of aromatic nitrogens is 1. The van der Waals surface area contributed by atoms with Crippen molar-refractivity contribution < 1.29 is 0 Å². The van der Waals surface area contributed by atoms with E-state index in [1.165, 1.54) is 39.8 Å². The van der Waals surface area contributed by atoms with Gasteiger partial charge in [0.2, 0.25) is 0 Å². The first-order chi connectivity index (χ1) is 14.9. The molecule has 1 aliphatic rings. The van der Waals surface area contributed by atoms with Crippen LogP contribution >= 0.6 is 0 Å². The molecule has 1 N–H and O–H groups in total. The average Bonchev–Trinajstić information content (AvgIpc) is 3.58. The molecule has 2 nitrogen and oxygen atoms in total. The van der Waals surface area contributed by atoms with Crippen LogP contribution in [0.4, 0.5) is 5.82 Å². The number of nitrogens with zero attached hydrogens (tertiary/aromatic N) is 1. The topological polar surface area (TPSA) is 24.9 Å². The summed E-state index contributed by atoms with van der Waals surface area (Å²) in [7, 11) is 0. The van der Waals surface area contributed by atoms with Crippen LogP contribution in [0.15, 0.2) is 73.1 Å². The molecule has 0 radical (unpaired) electrons. The Kier molecular flexibility index (Phi) is 6.00. The molecule has 31 heavy (non-hydrogen) atoms. The van der Waals surface area contributed by atoms with Gasteiger partial charge in [-0.15, -0.1) is 0 Å². The number of pyridine rings is 1. The van der Waals surface area contributed by atoms with Crippen LogP contribution in [0.1, 0.15) is 72.4 Å². The zero-order chi connectivity index (χ0) is 22.0. The van der Waals surface area contributed by atoms with Gasteiger partial charge >= 0.3 is 0 Å². The molecule has 0 amide bonds. The second-order valence-corrected chi connectivity index (χ2v) is 9.13. The van der Waals surface area contributed by atoms with Gasteiger partial charge in [-0.3, -0.25) is 0 Å². The lowest BCUT2D eigenvalue weighted by Crippen LogP contribution is -2.17. The number of hydrogen-bond donors (Lipinski definition) is 1. The van der Waals surface area contributed by atoms with Crippen LogP contribution in [0.25, 0.3) is 0 Å². The minimum Gasteiger partial charge on any atom is -0.343 e. The van der Waals surface area contributed by atoms with Crippen molar-refractivity contribution in [1.82, 2.24) is 4.98 Å². The maximum Gasteiger partial charge on any atom is 0.130 e. The maximum atomic E-state index is 4.72. The van der Waals surface area contributed by atoms with Crippen molar-refractivity contribution in [2.75, 3.05) is 5.32 Å². The lowest BCUT2D eigenvalue weighted by molar-refractivity contribution is 0.817. The summed E-state index contributed by atoms with van der Waals surface area (Å²) < 4.78 is 0. The summed E-state index contributed by atoms with van der Waals surface area (Å²) >= 11 is 0. The zero-order valence-electron chi connectivity index (χ0n) is 19.3. The standard InChI is InChI=1S/C29H34N2/c1-6-9-24-18-26(14-12-20(24)2)29(16-17-29)23(5)31-28-15-13-25(19-30-28)22(4)27-11-8-7-10-21(27)3/h7-8,10-15,18-19,22H,5-6,9,16-17H2,1-4H3,(H,30,31). The van der Waals surface area contributed by atoms with Gasteiger partial charge in [0.1, 0.15) is 5.82 Å². The summed E-state index contributed by atoms with van der Waals surface area (Å²) in [5, 5.41) is 3.52. The van der Waals surface area contributed by atoms with Crippen LogP contribution in [0, 0.1) is 13.8 Å². The van der Waals surface area contributed by atoms with Gasteiger partial charge in [-0.25, -0.2) is 4.98 Å². The van der Waals surface area contributed by atoms with E-state index in [4.69, 9.17) is 4.98 Å². The summed E-state index contributed by atoms with van der Waals surface area (Å²) in [4.78, 5) is 4.72. The number of anilines is 1. The molecule has 0 bridgehead atoms. The van der Waals surface area contributed by atoms with Crippen LogP contribution in [0.3, 0.4) is 0 Å². The lowest BCUT2D eigenvalue weighted by atomic mass is 9.89. The highest BCUT2D eigenvalue weighted by Gasteiger charge is 2.47. The molecule has 1 fully saturated rings. The minimum atomic E-state index is 0.0466. The van der Waals surface area contributed by atoms with E-state index in [1.807, 2.05) is 6.20 Å². The van der Waals surface area contributed by atoms with Gasteiger partial charge in [-0.1, -0.05) is 75.4 Å². The molecule has 1 aliphatic carbocycles. The fourth-order valence-corrected chi connectivity index (χ4v) is 4.66. The van der Waals surface area contributed by atoms with E-state index in [-0.39, 0.29) is 5.41 Å². The number of allylic oxidation sites excluding steroid dienone is 1. The Labute approximate surface area is 187 Å². The van der Waals surface area contributed by atoms with E-state index < -0.39 is 0 Å². The molecule has 160 valence electrons. The summed E-state index contributed by atoms with van der Waals surface area (Å²) in [5.74, 6) is 1.20. The van der Waals surface area contributed by atoms with E-state index >= 15 is 0 Å². The smallest absolute Gasteiger partial charge is 0.130 e. The van der Waals surface area contributed by atoms with Gasteiger partial charge < -0.3 is 5.32 Å². The molecule has 2 heteroatoms. The third kappa shape index (κ3) is 4.30. The number of benzene rings is 2. The summed E-state index contributed by atoms with van der Waals surface area (Å²) in [5.41, 5.74) is 9.26. The molecule has 0 saturated heterocycles. The Bertz CT molecular complexity index is 1070. The highest BCUT2D eigenvalue weighted by Crippen LogP contribution is 2.53. The van der Waals surface area contributed by atoms with Gasteiger partial charge in [0.15, 0.2) is 0 Å². The molecule has 4 rings (SSSR count). The first-order valence-corrected chi connectivity index (χ1v) is 11.5. The molecule has 1 heterocycles. The third-order valence-corrected chi connectivity index (χ3v) is 6.97. The van der Waals surface area contributed by atoms with Crippen molar-refractivity contribution >= 4 is 5.82 Å². The molecule has 1 unspecified atom stereocenters. The molecule has 1 atom stereocenters. The van der Waals surface area contributed by atoms with E-state index in [9.17, 15) is 0 Å². The normalized spacial score (nSPS) is 15.4. The summed E-state index contributed by atoms with van der Waals surface area (Å²) in [6, 6.07) is 19.8. The summed E-state index contributed by atoms with van der Waals surface area (Å²) in [6.07, 6.45) is 6.61. The number of nitrogens with one attached hydrogen (secondary N) is 1. The van der Waals surface area contributed by atoms with Crippen molar-refractivity contribution in [2.45, 2.75) is 64.7 Å². The van der Waals surface area contributed by atoms with Gasteiger partial charge in [0.05, 0.1) is 0 Å². The molecule has 2 aromatic carbocycles. The van der Waals surface area contributed by atoms with E-state index in [0.29, 0.717) is 5.92 Å². The first-order valence-electron chi connectivity index (χ1n) is 11.5. The molecule has 1 aromatic heterocycles. The minimum absolute atomic E-state index is 0.0466. The number of aryl methyl sites for hydroxylation is 3. The Morgan fingerprint density at radius 3 is 2.48 bits per heavy atom. The van der Waals surface area contributed by atoms with Crippen molar-refractivity contribution in [1.29, 1.82) is 0 Å². The van der Waals surface area contributed by atoms with E-state index in [0.717, 1.165) is 30.8 Å². The van der Waals surface area contributed by atoms with Gasteiger partial charge in [0.25, 0.3) is 0 Å². The second kappa shape index (κ2) is 8.70. The van der Waals surface area contributed by atoms with E-state index in [1.54, 1.807) is 0 Å². The highest BCUT2D eigenvalue weighted by molar-refractivity contribution is 5.53. The van der Waals surface area contributed by atoms with Crippen molar-refractivity contribution in [2.24, 2.45) is 0 Å². The van der Waals surface area contributed by atoms with Crippen LogP contribution in [0.5, 0.6) is 0 Å². The highest BCUT2D eigenvalue weighted by atomic mass is 15.0. The first kappa shape index (κ1) is 21.4. The predicted octanol–water partition coefficient (Wildman–Crippen LogP) is 7.46. The Hall–Kier alpha value is -2.87. The van der Waals surface area contributed by atoms with Crippen LogP contribution in [0.2, 0.25) is 0 Å². The van der Waals surface area contributed by atoms with Gasteiger partial charge in [-0.2, -0.15) is 0 Å². The predicted molar refractivity (Wildman–Crippen MR) is 132 cm³/mol. The van der Waals surface area contributed by atoms with E-state index in [2.05, 4.69) is 94.2 Å². The van der Waals surface area contributed by atoms with Gasteiger partial charge in [0, 0.05) is 23.2 Å². The second-order valence-electron chi connectivity index (χ2n) is 9.13. The number of hydrogen-bond acceptors (Lipinski definition) is 2. The third-order valence-electron chi connectivity index (χ3n) is 6.97. The fourth-order valence-electron chi connectivity index (χ4n) is 4.66. The molecule has 1 saturated carbocycles. The maximum absolute atomic E-state index is 4.72. The van der Waals surface area contributed by atoms with Crippen LogP contribution in [-0.4, -0.2) is 4.98 Å². The zero-order valence-corrected chi connectivity index (χ0v) is 19.3. The monoisotopic (exact) mass is 410 g/mol. The SMILES string of the molecule is C=C(Nc1ccc(C(C)c2ccccc2C)cn1)C1(c2ccc(C)c(CCC)c2)CC1. The number of rotatable bonds is 8. The fraction of sp³-hybridized carbons (Fsp3) is 0.345. The molecular weight excluding hydrogens is 376 g/mol. The van der Waals surface area contributed by atoms with Crippen LogP contribution in [-0.2, 0) is 11.8 Å². The lowest BCUT2D eigenvalue weighted by Gasteiger charge is -2.22. The molecule has 3 aromatic rings. The molecule has 0 aliphatic heterocycles.